The predicted molar refractivity (Wildman–Crippen MR) is 80.6 cm³/mol. The molecule has 2 N–H and O–H groups in total. The third-order valence-electron chi connectivity index (χ3n) is 4.09. The molecule has 1 aromatic carbocycles. The zero-order chi connectivity index (χ0) is 15.6. The van der Waals surface area contributed by atoms with Crippen molar-refractivity contribution in [3.8, 4) is 0 Å². The number of carbonyl (C=O) groups excluding carboxylic acids is 1. The van der Waals surface area contributed by atoms with Crippen LogP contribution in [-0.2, 0) is 11.3 Å². The fourth-order valence-electron chi connectivity index (χ4n) is 2.52. The van der Waals surface area contributed by atoms with Gasteiger partial charge in [-0.25, -0.2) is 0 Å². The summed E-state index contributed by atoms with van der Waals surface area (Å²) in [6.45, 7) is 5.41. The van der Waals surface area contributed by atoms with Gasteiger partial charge in [0.1, 0.15) is 5.69 Å². The number of nitro benzene ring substituents is 1. The Balaban J connectivity index is 2.15. The summed E-state index contributed by atoms with van der Waals surface area (Å²) in [6.07, 6.45) is 2.35. The molecule has 2 rings (SSSR count). The van der Waals surface area contributed by atoms with E-state index in [1.54, 1.807) is 11.0 Å². The number of nitrogens with two attached hydrogens (primary N) is 1. The van der Waals surface area contributed by atoms with E-state index < -0.39 is 4.92 Å². The van der Waals surface area contributed by atoms with Crippen LogP contribution in [0.4, 0.5) is 11.4 Å². The van der Waals surface area contributed by atoms with E-state index in [1.165, 1.54) is 12.1 Å². The Morgan fingerprint density at radius 2 is 2.10 bits per heavy atom. The molecule has 6 nitrogen and oxygen atoms in total. The van der Waals surface area contributed by atoms with Crippen LogP contribution in [0.2, 0.25) is 0 Å². The molecule has 1 aromatic rings. The van der Waals surface area contributed by atoms with Gasteiger partial charge in [-0.2, -0.15) is 0 Å². The minimum Gasteiger partial charge on any atom is -0.393 e. The van der Waals surface area contributed by atoms with Crippen molar-refractivity contribution in [3.05, 3.63) is 33.9 Å². The standard InChI is InChI=1S/C15H21N3O3/c1-15(2)6-5-14(19)17(8-7-15)10-11-3-4-12(16)13(9-11)18(20)21/h3-4,9H,5-8,10,16H2,1-2H3. The number of amides is 1. The topological polar surface area (TPSA) is 89.5 Å². The van der Waals surface area contributed by atoms with Crippen LogP contribution in [0.5, 0.6) is 0 Å². The van der Waals surface area contributed by atoms with Gasteiger partial charge in [-0.15, -0.1) is 0 Å². The summed E-state index contributed by atoms with van der Waals surface area (Å²) >= 11 is 0. The molecule has 1 fully saturated rings. The average molecular weight is 291 g/mol. The highest BCUT2D eigenvalue weighted by atomic mass is 16.6. The van der Waals surface area contributed by atoms with Crippen molar-refractivity contribution in [2.45, 2.75) is 39.7 Å². The number of rotatable bonds is 3. The molecule has 1 heterocycles. The first-order valence-electron chi connectivity index (χ1n) is 7.09. The Kier molecular flexibility index (Phi) is 4.16. The largest absolute Gasteiger partial charge is 0.393 e. The fourth-order valence-corrected chi connectivity index (χ4v) is 2.52. The lowest BCUT2D eigenvalue weighted by atomic mass is 9.85. The van der Waals surface area contributed by atoms with Crippen LogP contribution < -0.4 is 5.73 Å². The van der Waals surface area contributed by atoms with Gasteiger partial charge in [0.15, 0.2) is 0 Å². The van der Waals surface area contributed by atoms with E-state index in [-0.39, 0.29) is 22.7 Å². The lowest BCUT2D eigenvalue weighted by Gasteiger charge is -2.23. The highest BCUT2D eigenvalue weighted by molar-refractivity contribution is 5.76. The molecular weight excluding hydrogens is 270 g/mol. The van der Waals surface area contributed by atoms with Crippen molar-refractivity contribution >= 4 is 17.3 Å². The first kappa shape index (κ1) is 15.3. The van der Waals surface area contributed by atoms with E-state index >= 15 is 0 Å². The van der Waals surface area contributed by atoms with Crippen molar-refractivity contribution in [2.75, 3.05) is 12.3 Å². The molecule has 1 aliphatic heterocycles. The van der Waals surface area contributed by atoms with Crippen molar-refractivity contribution in [3.63, 3.8) is 0 Å². The predicted octanol–water partition coefficient (Wildman–Crippen LogP) is 2.72. The van der Waals surface area contributed by atoms with Crippen LogP contribution in [-0.4, -0.2) is 22.3 Å². The van der Waals surface area contributed by atoms with E-state index in [1.807, 2.05) is 0 Å². The van der Waals surface area contributed by atoms with Crippen LogP contribution in [0, 0.1) is 15.5 Å². The van der Waals surface area contributed by atoms with E-state index in [2.05, 4.69) is 13.8 Å². The van der Waals surface area contributed by atoms with Gasteiger partial charge in [0.25, 0.3) is 5.69 Å². The number of benzene rings is 1. The first-order valence-corrected chi connectivity index (χ1v) is 7.09. The maximum atomic E-state index is 12.2. The van der Waals surface area contributed by atoms with Crippen molar-refractivity contribution in [1.82, 2.24) is 4.90 Å². The Bertz CT molecular complexity index is 569. The average Bonchev–Trinajstić information content (AvgIpc) is 2.53. The molecule has 1 aliphatic rings. The van der Waals surface area contributed by atoms with E-state index in [4.69, 9.17) is 5.73 Å². The smallest absolute Gasteiger partial charge is 0.292 e. The number of hydrogen-bond donors (Lipinski definition) is 1. The number of carbonyl (C=O) groups is 1. The summed E-state index contributed by atoms with van der Waals surface area (Å²) in [4.78, 5) is 24.4. The molecule has 0 radical (unpaired) electrons. The van der Waals surface area contributed by atoms with Crippen LogP contribution >= 0.6 is 0 Å². The van der Waals surface area contributed by atoms with Crippen LogP contribution in [0.3, 0.4) is 0 Å². The van der Waals surface area contributed by atoms with E-state index in [9.17, 15) is 14.9 Å². The van der Waals surface area contributed by atoms with Crippen LogP contribution in [0.1, 0.15) is 38.7 Å². The normalized spacial score (nSPS) is 18.4. The summed E-state index contributed by atoms with van der Waals surface area (Å²) < 4.78 is 0. The summed E-state index contributed by atoms with van der Waals surface area (Å²) in [5.41, 5.74) is 6.54. The Labute approximate surface area is 124 Å². The first-order chi connectivity index (χ1) is 9.78. The number of nitro groups is 1. The van der Waals surface area contributed by atoms with Gasteiger partial charge in [-0.3, -0.25) is 14.9 Å². The zero-order valence-electron chi connectivity index (χ0n) is 12.5. The molecule has 0 unspecified atom stereocenters. The van der Waals surface area contributed by atoms with Gasteiger partial charge >= 0.3 is 0 Å². The van der Waals surface area contributed by atoms with Crippen molar-refractivity contribution in [2.24, 2.45) is 5.41 Å². The Morgan fingerprint density at radius 3 is 2.76 bits per heavy atom. The van der Waals surface area contributed by atoms with Gasteiger partial charge in [0.2, 0.25) is 5.91 Å². The molecule has 1 amide bonds. The monoisotopic (exact) mass is 291 g/mol. The van der Waals surface area contributed by atoms with Gasteiger partial charge in [0, 0.05) is 25.6 Å². The highest BCUT2D eigenvalue weighted by Crippen LogP contribution is 2.31. The molecule has 0 spiro atoms. The molecule has 0 saturated carbocycles. The van der Waals surface area contributed by atoms with Crippen LogP contribution in [0.15, 0.2) is 18.2 Å². The molecule has 0 atom stereocenters. The Hall–Kier alpha value is -2.11. The molecule has 1 saturated heterocycles. The molecule has 6 heteroatoms. The lowest BCUT2D eigenvalue weighted by molar-refractivity contribution is -0.384. The molecular formula is C15H21N3O3. The summed E-state index contributed by atoms with van der Waals surface area (Å²) in [5, 5.41) is 10.9. The van der Waals surface area contributed by atoms with Gasteiger partial charge in [0.05, 0.1) is 4.92 Å². The highest BCUT2D eigenvalue weighted by Gasteiger charge is 2.27. The van der Waals surface area contributed by atoms with Gasteiger partial charge in [-0.05, 0) is 29.9 Å². The SMILES string of the molecule is CC1(C)CCC(=O)N(Cc2ccc(N)c([N+](=O)[O-])c2)CC1. The second-order valence-electron chi connectivity index (χ2n) is 6.38. The second-order valence-corrected chi connectivity index (χ2v) is 6.38. The van der Waals surface area contributed by atoms with Crippen molar-refractivity contribution < 1.29 is 9.72 Å². The fraction of sp³-hybridized carbons (Fsp3) is 0.533. The third kappa shape index (κ3) is 3.71. The third-order valence-corrected chi connectivity index (χ3v) is 4.09. The van der Waals surface area contributed by atoms with Crippen molar-refractivity contribution in [1.29, 1.82) is 0 Å². The molecule has 0 bridgehead atoms. The minimum absolute atomic E-state index is 0.102. The Morgan fingerprint density at radius 1 is 1.38 bits per heavy atom. The zero-order valence-corrected chi connectivity index (χ0v) is 12.5. The molecule has 0 aromatic heterocycles. The number of anilines is 1. The minimum atomic E-state index is -0.494. The summed E-state index contributed by atoms with van der Waals surface area (Å²) in [7, 11) is 0. The number of nitrogen functional groups attached to an aromatic ring is 1. The molecule has 0 aliphatic carbocycles. The molecule has 21 heavy (non-hydrogen) atoms. The lowest BCUT2D eigenvalue weighted by Crippen LogP contribution is -2.30. The number of hydrogen-bond acceptors (Lipinski definition) is 4. The summed E-state index contributed by atoms with van der Waals surface area (Å²) in [6, 6.07) is 4.73. The quantitative estimate of drug-likeness (QED) is 0.526. The van der Waals surface area contributed by atoms with Gasteiger partial charge in [-0.1, -0.05) is 19.9 Å². The van der Waals surface area contributed by atoms with Crippen LogP contribution in [0.25, 0.3) is 0 Å². The van der Waals surface area contributed by atoms with Gasteiger partial charge < -0.3 is 10.6 Å². The molecule has 114 valence electrons. The second kappa shape index (κ2) is 5.71. The maximum absolute atomic E-state index is 12.2. The summed E-state index contributed by atoms with van der Waals surface area (Å²) in [5.74, 6) is 0.111. The van der Waals surface area contributed by atoms with E-state index in [0.29, 0.717) is 19.5 Å². The number of likely N-dealkylation sites (tertiary alicyclic amines) is 1. The van der Waals surface area contributed by atoms with E-state index in [0.717, 1.165) is 18.4 Å². The number of nitrogens with zero attached hydrogens (tertiary/aromatic N) is 2. The maximum Gasteiger partial charge on any atom is 0.292 e.